The summed E-state index contributed by atoms with van der Waals surface area (Å²) in [7, 11) is 0. The van der Waals surface area contributed by atoms with Crippen LogP contribution in [-0.4, -0.2) is 31.9 Å². The number of nitrogens with one attached hydrogen (secondary N) is 2. The summed E-state index contributed by atoms with van der Waals surface area (Å²) in [5.41, 5.74) is 14.9. The number of hydrogen-bond acceptors (Lipinski definition) is 6. The molecule has 224 valence electrons. The predicted octanol–water partition coefficient (Wildman–Crippen LogP) is 4.98. The van der Waals surface area contributed by atoms with Gasteiger partial charge in [-0.1, -0.05) is 13.8 Å². The summed E-state index contributed by atoms with van der Waals surface area (Å²) in [5, 5.41) is 22.8. The first-order chi connectivity index (χ1) is 20.0. The van der Waals surface area contributed by atoms with Crippen LogP contribution >= 0.6 is 0 Å². The Bertz CT molecular complexity index is 1860. The second kappa shape index (κ2) is 13.2. The van der Waals surface area contributed by atoms with Gasteiger partial charge in [-0.3, -0.25) is 0 Å². The van der Waals surface area contributed by atoms with Crippen LogP contribution in [0.1, 0.15) is 98.4 Å². The van der Waals surface area contributed by atoms with Crippen molar-refractivity contribution in [3.63, 3.8) is 0 Å². The molecular weight excluding hydrogens is 686 g/mol. The molecule has 3 aromatic rings. The van der Waals surface area contributed by atoms with Crippen molar-refractivity contribution < 1.29 is 59.7 Å². The Morgan fingerprint density at radius 1 is 0.628 bits per heavy atom. The quantitative estimate of drug-likeness (QED) is 0.337. The number of aliphatic carboxylic acids is 2. The number of aromatic amines is 2. The average molecular weight is 722 g/mol. The van der Waals surface area contributed by atoms with E-state index in [9.17, 15) is 19.8 Å². The molecule has 9 heteroatoms. The number of nitrogens with zero attached hydrogens (tertiary/aromatic N) is 2. The number of carbonyl (C=O) groups is 2. The van der Waals surface area contributed by atoms with Crippen molar-refractivity contribution in [2.75, 3.05) is 0 Å². The molecule has 0 unspecified atom stereocenters. The molecule has 0 aliphatic carbocycles. The first kappa shape index (κ1) is 32.8. The number of carbonyl (C=O) groups excluding carboxylic acids is 2. The number of hydrogen-bond donors (Lipinski definition) is 2. The van der Waals surface area contributed by atoms with Crippen molar-refractivity contribution in [1.82, 2.24) is 19.9 Å². The van der Waals surface area contributed by atoms with Gasteiger partial charge in [0.05, 0.1) is 22.8 Å². The number of aryl methyl sites for hydroxylation is 4. The van der Waals surface area contributed by atoms with Crippen LogP contribution in [0, 0.1) is 53.8 Å². The first-order valence-electron chi connectivity index (χ1n) is 14.6. The number of fused-ring (bicyclic) bond motifs is 8. The van der Waals surface area contributed by atoms with Crippen LogP contribution in [0.4, 0.5) is 0 Å². The Morgan fingerprint density at radius 3 is 1.44 bits per heavy atom. The normalized spacial score (nSPS) is 13.0. The molecule has 0 aromatic carbocycles. The SMILES string of the molecule is CCc1c(C)c2cc3[nH]c(cc4nc(cc5nc(cc1[nH]2)C(C)=C5CCC(=O)[O-])C(CCC(=O)[O-])=C4C)c(C)c3CC.[Gd+2]. The third-order valence-corrected chi connectivity index (χ3v) is 8.67. The molecule has 2 aliphatic heterocycles. The minimum Gasteiger partial charge on any atom is -0.550 e. The topological polar surface area (TPSA) is 138 Å². The number of carboxylic acids is 2. The van der Waals surface area contributed by atoms with Gasteiger partial charge in [-0.25, -0.2) is 9.97 Å². The van der Waals surface area contributed by atoms with Crippen molar-refractivity contribution in [1.29, 1.82) is 0 Å². The van der Waals surface area contributed by atoms with Crippen LogP contribution in [0.15, 0.2) is 24.3 Å². The second-order valence-electron chi connectivity index (χ2n) is 11.1. The molecule has 0 saturated carbocycles. The third-order valence-electron chi connectivity index (χ3n) is 8.67. The Hall–Kier alpha value is -3.14. The first-order valence-corrected chi connectivity index (χ1v) is 14.6. The molecule has 5 heterocycles. The van der Waals surface area contributed by atoms with Gasteiger partial charge in [0.25, 0.3) is 0 Å². The number of allylic oxidation sites excluding steroid dienone is 4. The smallest absolute Gasteiger partial charge is 0.550 e. The fourth-order valence-corrected chi connectivity index (χ4v) is 6.21. The van der Waals surface area contributed by atoms with Gasteiger partial charge in [0, 0.05) is 34.0 Å². The summed E-state index contributed by atoms with van der Waals surface area (Å²) in [4.78, 5) is 40.0. The molecule has 0 spiro atoms. The Balaban J connectivity index is 0.00000423. The number of rotatable bonds is 8. The standard InChI is InChI=1S/C34H38N4O4.Gd/c1-7-21-17(3)25-13-26-19(5)23(9-11-33(39)40)31(37-26)16-32-24(10-12-34(41)42)20(6)28(38-32)15-30-22(8-2)18(4)27(36-30)14-29(21)35-25;/h13-16,35-36H,7-12H2,1-6H3,(H,39,40)(H,41,42);/q;+2/p-2. The number of aromatic nitrogens is 4. The van der Waals surface area contributed by atoms with Crippen LogP contribution < -0.4 is 10.2 Å². The number of H-pyrrole nitrogens is 2. The van der Waals surface area contributed by atoms with Crippen molar-refractivity contribution in [2.24, 2.45) is 0 Å². The van der Waals surface area contributed by atoms with E-state index < -0.39 is 11.9 Å². The van der Waals surface area contributed by atoms with E-state index in [1.807, 2.05) is 32.0 Å². The van der Waals surface area contributed by atoms with Gasteiger partial charge in [0.15, 0.2) is 0 Å². The van der Waals surface area contributed by atoms with Crippen LogP contribution in [0.5, 0.6) is 0 Å². The van der Waals surface area contributed by atoms with E-state index >= 15 is 0 Å². The zero-order valence-corrected chi connectivity index (χ0v) is 27.7. The van der Waals surface area contributed by atoms with E-state index in [1.165, 1.54) is 16.7 Å². The molecule has 0 fully saturated rings. The molecule has 8 bridgehead atoms. The molecule has 0 saturated heterocycles. The zero-order chi connectivity index (χ0) is 30.3. The van der Waals surface area contributed by atoms with Crippen molar-refractivity contribution in [3.05, 3.63) is 69.3 Å². The van der Waals surface area contributed by atoms with Crippen LogP contribution in [0.25, 0.3) is 44.4 Å². The minimum atomic E-state index is -1.13. The van der Waals surface area contributed by atoms with Gasteiger partial charge in [-0.15, -0.1) is 0 Å². The maximum Gasteiger partial charge on any atom is 2.00 e. The van der Waals surface area contributed by atoms with Crippen molar-refractivity contribution in [3.8, 4) is 0 Å². The number of carboxylic acid groups (broad SMARTS) is 2. The van der Waals surface area contributed by atoms with Crippen molar-refractivity contribution >= 4 is 56.3 Å². The largest absolute Gasteiger partial charge is 2.00 e. The molecule has 43 heavy (non-hydrogen) atoms. The Labute approximate surface area is 283 Å². The van der Waals surface area contributed by atoms with Gasteiger partial charge in [-0.2, -0.15) is 0 Å². The van der Waals surface area contributed by atoms with Gasteiger partial charge < -0.3 is 29.8 Å². The summed E-state index contributed by atoms with van der Waals surface area (Å²) >= 11 is 0. The molecule has 2 aliphatic rings. The minimum absolute atomic E-state index is 0. The monoisotopic (exact) mass is 722 g/mol. The summed E-state index contributed by atoms with van der Waals surface area (Å²) in [5.74, 6) is -2.25. The molecule has 0 amide bonds. The summed E-state index contributed by atoms with van der Waals surface area (Å²) < 4.78 is 0. The maximum atomic E-state index is 11.4. The van der Waals surface area contributed by atoms with E-state index in [1.54, 1.807) is 0 Å². The second-order valence-corrected chi connectivity index (χ2v) is 11.1. The molecule has 0 radical (unpaired) electrons. The van der Waals surface area contributed by atoms with Gasteiger partial charge >= 0.3 is 39.9 Å². The molecular formula is C34H36GdN4O4. The summed E-state index contributed by atoms with van der Waals surface area (Å²) in [6.07, 6.45) is 1.96. The van der Waals surface area contributed by atoms with Crippen LogP contribution in [0.2, 0.25) is 0 Å². The fraction of sp³-hybridized carbons (Fsp3) is 0.353. The molecule has 3 aromatic heterocycles. The Morgan fingerprint density at radius 2 is 1.02 bits per heavy atom. The third kappa shape index (κ3) is 6.40. The van der Waals surface area contributed by atoms with E-state index in [2.05, 4.69) is 43.7 Å². The van der Waals surface area contributed by atoms with E-state index in [0.717, 1.165) is 74.2 Å². The van der Waals surface area contributed by atoms with Crippen LogP contribution in [0.3, 0.4) is 0 Å². The van der Waals surface area contributed by atoms with E-state index in [-0.39, 0.29) is 65.6 Å². The van der Waals surface area contributed by atoms with E-state index in [0.29, 0.717) is 11.4 Å². The zero-order valence-electron chi connectivity index (χ0n) is 25.4. The Kier molecular flexibility index (Phi) is 10.1. The average Bonchev–Trinajstić information content (AvgIpc) is 3.59. The summed E-state index contributed by atoms with van der Waals surface area (Å²) in [6.45, 7) is 12.4. The maximum absolute atomic E-state index is 11.4. The summed E-state index contributed by atoms with van der Waals surface area (Å²) in [6, 6.07) is 8.09. The van der Waals surface area contributed by atoms with Gasteiger partial charge in [0.1, 0.15) is 0 Å². The van der Waals surface area contributed by atoms with Gasteiger partial charge in [-0.05, 0) is 135 Å². The van der Waals surface area contributed by atoms with Gasteiger partial charge in [0.2, 0.25) is 0 Å². The fourth-order valence-electron chi connectivity index (χ4n) is 6.21. The predicted molar refractivity (Wildman–Crippen MR) is 163 cm³/mol. The molecule has 2 N–H and O–H groups in total. The van der Waals surface area contributed by atoms with Crippen LogP contribution in [-0.2, 0) is 22.4 Å². The molecule has 8 nitrogen and oxygen atoms in total. The molecule has 5 rings (SSSR count). The van der Waals surface area contributed by atoms with E-state index in [4.69, 9.17) is 9.97 Å². The molecule has 0 atom stereocenters. The van der Waals surface area contributed by atoms with Crippen molar-refractivity contribution in [2.45, 2.75) is 80.1 Å².